The first kappa shape index (κ1) is 11.5. The highest BCUT2D eigenvalue weighted by atomic mass is 32.1. The van der Waals surface area contributed by atoms with Gasteiger partial charge < -0.3 is 15.8 Å². The van der Waals surface area contributed by atoms with Gasteiger partial charge in [0.1, 0.15) is 10.6 Å². The molecule has 82 valence electrons. The molecule has 0 saturated carbocycles. The van der Waals surface area contributed by atoms with Gasteiger partial charge in [-0.3, -0.25) is 0 Å². The van der Waals surface area contributed by atoms with Gasteiger partial charge >= 0.3 is 5.97 Å². The number of nitrogens with two attached hydrogens (primary N) is 1. The van der Waals surface area contributed by atoms with Crippen molar-refractivity contribution in [3.63, 3.8) is 0 Å². The molecule has 0 aliphatic carbocycles. The van der Waals surface area contributed by atoms with Crippen molar-refractivity contribution in [1.29, 1.82) is 0 Å². The van der Waals surface area contributed by atoms with Crippen LogP contribution in [-0.4, -0.2) is 23.5 Å². The quantitative estimate of drug-likeness (QED) is 0.588. The first-order valence-electron chi connectivity index (χ1n) is 4.47. The Kier molecular flexibility index (Phi) is 4.11. The van der Waals surface area contributed by atoms with Crippen molar-refractivity contribution >= 4 is 28.3 Å². The smallest absolute Gasteiger partial charge is 0.344 e. The molecule has 1 rings (SSSR count). The van der Waals surface area contributed by atoms with Crippen molar-refractivity contribution in [3.8, 4) is 0 Å². The number of hydrogen-bond acceptors (Lipinski definition) is 6. The Balaban J connectivity index is 2.87. The second-order valence-electron chi connectivity index (χ2n) is 2.66. The second kappa shape index (κ2) is 5.35. The lowest BCUT2D eigenvalue weighted by molar-refractivity contribution is 0.0529. The molecule has 0 atom stereocenters. The molecule has 6 heteroatoms. The van der Waals surface area contributed by atoms with E-state index in [4.69, 9.17) is 10.5 Å². The molecule has 0 saturated heterocycles. The van der Waals surface area contributed by atoms with Crippen molar-refractivity contribution in [2.45, 2.75) is 6.92 Å². The standard InChI is InChI=1S/C9H13N3O2S/c1-3-5-11-8-6(7(10)12-15-8)9(13)14-4-2/h3,11H,1,4-5H2,2H3,(H2,10,12). The second-order valence-corrected chi connectivity index (χ2v) is 3.44. The Morgan fingerprint density at radius 2 is 2.53 bits per heavy atom. The highest BCUT2D eigenvalue weighted by molar-refractivity contribution is 7.11. The predicted molar refractivity (Wildman–Crippen MR) is 61.2 cm³/mol. The van der Waals surface area contributed by atoms with E-state index in [1.54, 1.807) is 13.0 Å². The predicted octanol–water partition coefficient (Wildman–Crippen LogP) is 1.50. The highest BCUT2D eigenvalue weighted by Crippen LogP contribution is 2.27. The summed E-state index contributed by atoms with van der Waals surface area (Å²) in [4.78, 5) is 11.5. The van der Waals surface area contributed by atoms with E-state index in [9.17, 15) is 4.79 Å². The van der Waals surface area contributed by atoms with Crippen LogP contribution in [0.5, 0.6) is 0 Å². The van der Waals surface area contributed by atoms with Crippen LogP contribution in [0.3, 0.4) is 0 Å². The zero-order chi connectivity index (χ0) is 11.3. The van der Waals surface area contributed by atoms with Gasteiger partial charge in [0.25, 0.3) is 0 Å². The molecule has 0 fully saturated rings. The van der Waals surface area contributed by atoms with Crippen LogP contribution < -0.4 is 11.1 Å². The summed E-state index contributed by atoms with van der Waals surface area (Å²) < 4.78 is 8.76. The summed E-state index contributed by atoms with van der Waals surface area (Å²) >= 11 is 1.14. The number of nitrogens with zero attached hydrogens (tertiary/aromatic N) is 1. The molecule has 5 nitrogen and oxygen atoms in total. The molecule has 0 spiro atoms. The molecule has 0 aromatic carbocycles. The number of carbonyl (C=O) groups excluding carboxylic acids is 1. The SMILES string of the molecule is C=CCNc1snc(N)c1C(=O)OCC. The number of carbonyl (C=O) groups is 1. The molecule has 0 bridgehead atoms. The fourth-order valence-corrected chi connectivity index (χ4v) is 1.70. The number of anilines is 2. The Morgan fingerprint density at radius 3 is 3.13 bits per heavy atom. The summed E-state index contributed by atoms with van der Waals surface area (Å²) in [5.41, 5.74) is 5.89. The van der Waals surface area contributed by atoms with Crippen molar-refractivity contribution in [3.05, 3.63) is 18.2 Å². The zero-order valence-electron chi connectivity index (χ0n) is 8.45. The van der Waals surface area contributed by atoms with Crippen molar-refractivity contribution < 1.29 is 9.53 Å². The van der Waals surface area contributed by atoms with E-state index in [0.29, 0.717) is 23.7 Å². The van der Waals surface area contributed by atoms with Crippen LogP contribution >= 0.6 is 11.5 Å². The van der Waals surface area contributed by atoms with Gasteiger partial charge in [-0.05, 0) is 18.5 Å². The maximum atomic E-state index is 11.5. The first-order chi connectivity index (χ1) is 7.20. The van der Waals surface area contributed by atoms with Crippen LogP contribution in [0.1, 0.15) is 17.3 Å². The van der Waals surface area contributed by atoms with E-state index in [-0.39, 0.29) is 5.82 Å². The molecule has 0 amide bonds. The third-order valence-corrected chi connectivity index (χ3v) is 2.42. The number of rotatable bonds is 5. The van der Waals surface area contributed by atoms with Gasteiger partial charge in [-0.1, -0.05) is 6.08 Å². The van der Waals surface area contributed by atoms with Crippen molar-refractivity contribution in [1.82, 2.24) is 4.37 Å². The van der Waals surface area contributed by atoms with E-state index >= 15 is 0 Å². The molecule has 0 aliphatic rings. The molecule has 0 unspecified atom stereocenters. The van der Waals surface area contributed by atoms with Gasteiger partial charge in [-0.2, -0.15) is 4.37 Å². The largest absolute Gasteiger partial charge is 0.462 e. The number of ether oxygens (including phenoxy) is 1. The van der Waals surface area contributed by atoms with E-state index < -0.39 is 5.97 Å². The fraction of sp³-hybridized carbons (Fsp3) is 0.333. The van der Waals surface area contributed by atoms with E-state index in [1.165, 1.54) is 0 Å². The molecule has 3 N–H and O–H groups in total. The van der Waals surface area contributed by atoms with E-state index in [2.05, 4.69) is 16.3 Å². The van der Waals surface area contributed by atoms with Crippen molar-refractivity contribution in [2.75, 3.05) is 24.2 Å². The fourth-order valence-electron chi connectivity index (χ4n) is 0.988. The molecule has 1 aromatic rings. The molecular weight excluding hydrogens is 214 g/mol. The topological polar surface area (TPSA) is 77.2 Å². The van der Waals surface area contributed by atoms with Crippen LogP contribution in [0.25, 0.3) is 0 Å². The Labute approximate surface area is 92.1 Å². The summed E-state index contributed by atoms with van der Waals surface area (Å²) in [5, 5.41) is 3.60. The summed E-state index contributed by atoms with van der Waals surface area (Å²) in [5.74, 6) is -0.250. The number of esters is 1. The van der Waals surface area contributed by atoms with Gasteiger partial charge in [-0.15, -0.1) is 6.58 Å². The summed E-state index contributed by atoms with van der Waals surface area (Å²) in [6.07, 6.45) is 1.69. The third kappa shape index (κ3) is 2.69. The summed E-state index contributed by atoms with van der Waals surface area (Å²) in [6, 6.07) is 0. The minimum atomic E-state index is -0.449. The number of nitrogen functional groups attached to an aromatic ring is 1. The minimum Gasteiger partial charge on any atom is -0.462 e. The minimum absolute atomic E-state index is 0.199. The Hall–Kier alpha value is -1.56. The van der Waals surface area contributed by atoms with E-state index in [1.807, 2.05) is 0 Å². The molecule has 1 aromatic heterocycles. The molecular formula is C9H13N3O2S. The number of nitrogens with one attached hydrogen (secondary N) is 1. The van der Waals surface area contributed by atoms with Crippen LogP contribution in [0, 0.1) is 0 Å². The first-order valence-corrected chi connectivity index (χ1v) is 5.25. The summed E-state index contributed by atoms with van der Waals surface area (Å²) in [6.45, 7) is 6.17. The number of hydrogen-bond donors (Lipinski definition) is 2. The van der Waals surface area contributed by atoms with Gasteiger partial charge in [0.15, 0.2) is 5.82 Å². The average molecular weight is 227 g/mol. The molecule has 0 radical (unpaired) electrons. The number of aromatic nitrogens is 1. The highest BCUT2D eigenvalue weighted by Gasteiger charge is 2.19. The lowest BCUT2D eigenvalue weighted by atomic mass is 10.3. The van der Waals surface area contributed by atoms with Gasteiger partial charge in [0.2, 0.25) is 0 Å². The molecule has 15 heavy (non-hydrogen) atoms. The third-order valence-electron chi connectivity index (χ3n) is 1.60. The maximum absolute atomic E-state index is 11.5. The monoisotopic (exact) mass is 227 g/mol. The van der Waals surface area contributed by atoms with E-state index in [0.717, 1.165) is 11.5 Å². The van der Waals surface area contributed by atoms with Gasteiger partial charge in [-0.25, -0.2) is 4.79 Å². The van der Waals surface area contributed by atoms with Crippen LogP contribution in [0.15, 0.2) is 12.7 Å². The van der Waals surface area contributed by atoms with Crippen LogP contribution in [-0.2, 0) is 4.74 Å². The molecule has 0 aliphatic heterocycles. The Morgan fingerprint density at radius 1 is 1.80 bits per heavy atom. The van der Waals surface area contributed by atoms with Crippen LogP contribution in [0.2, 0.25) is 0 Å². The van der Waals surface area contributed by atoms with Gasteiger partial charge in [0, 0.05) is 6.54 Å². The normalized spacial score (nSPS) is 9.67. The Bertz CT molecular complexity index is 362. The summed E-state index contributed by atoms with van der Waals surface area (Å²) in [7, 11) is 0. The average Bonchev–Trinajstić information content (AvgIpc) is 2.57. The maximum Gasteiger partial charge on any atom is 0.344 e. The zero-order valence-corrected chi connectivity index (χ0v) is 9.26. The lowest BCUT2D eigenvalue weighted by Gasteiger charge is -2.04. The lowest BCUT2D eigenvalue weighted by Crippen LogP contribution is -2.09. The van der Waals surface area contributed by atoms with Crippen LogP contribution in [0.4, 0.5) is 10.8 Å². The molecule has 1 heterocycles. The van der Waals surface area contributed by atoms with Gasteiger partial charge in [0.05, 0.1) is 6.61 Å². The van der Waals surface area contributed by atoms with Crippen molar-refractivity contribution in [2.24, 2.45) is 0 Å².